The van der Waals surface area contributed by atoms with Gasteiger partial charge in [0, 0.05) is 26.3 Å². The number of morpholine rings is 1. The molecule has 0 aromatic rings. The quantitative estimate of drug-likeness (QED) is 0.0501. The summed E-state index contributed by atoms with van der Waals surface area (Å²) >= 11 is 0. The normalized spacial score (nSPS) is 14.8. The van der Waals surface area contributed by atoms with Crippen LogP contribution in [0.15, 0.2) is 48.6 Å². The Morgan fingerprint density at radius 2 is 0.830 bits per heavy atom. The van der Waals surface area contributed by atoms with Crippen LogP contribution in [0.2, 0.25) is 0 Å². The lowest BCUT2D eigenvalue weighted by molar-refractivity contribution is -0.0397. The minimum Gasteiger partial charge on any atom is -0.380 e. The molecular formula is C43H79NO3. The molecule has 0 aromatic heterocycles. The van der Waals surface area contributed by atoms with Crippen molar-refractivity contribution in [2.75, 3.05) is 52.7 Å². The van der Waals surface area contributed by atoms with Gasteiger partial charge in [-0.25, -0.2) is 0 Å². The molecule has 0 saturated carbocycles. The number of hydrogen-bond acceptors (Lipinski definition) is 4. The van der Waals surface area contributed by atoms with Crippen LogP contribution >= 0.6 is 0 Å². The van der Waals surface area contributed by atoms with E-state index in [9.17, 15) is 0 Å². The van der Waals surface area contributed by atoms with Gasteiger partial charge in [-0.15, -0.1) is 0 Å². The lowest BCUT2D eigenvalue weighted by atomic mass is 10.1. The molecule has 0 spiro atoms. The summed E-state index contributed by atoms with van der Waals surface area (Å²) in [7, 11) is 0. The largest absolute Gasteiger partial charge is 0.380 e. The highest BCUT2D eigenvalue weighted by molar-refractivity contribution is 4.93. The van der Waals surface area contributed by atoms with Crippen molar-refractivity contribution in [3.8, 4) is 0 Å². The fourth-order valence-corrected chi connectivity index (χ4v) is 6.02. The Labute approximate surface area is 293 Å². The van der Waals surface area contributed by atoms with Gasteiger partial charge in [0.05, 0.1) is 32.5 Å². The Kier molecular flexibility index (Phi) is 35.1. The summed E-state index contributed by atoms with van der Waals surface area (Å²) in [5, 5.41) is 0. The van der Waals surface area contributed by atoms with Gasteiger partial charge in [0.25, 0.3) is 0 Å². The van der Waals surface area contributed by atoms with Gasteiger partial charge in [0.2, 0.25) is 0 Å². The van der Waals surface area contributed by atoms with Crippen LogP contribution in [-0.2, 0) is 14.2 Å². The van der Waals surface area contributed by atoms with Crippen molar-refractivity contribution >= 4 is 0 Å². The highest BCUT2D eigenvalue weighted by Gasteiger charge is 2.21. The molecule has 47 heavy (non-hydrogen) atoms. The highest BCUT2D eigenvalue weighted by atomic mass is 16.5. The van der Waals surface area contributed by atoms with Gasteiger partial charge in [-0.1, -0.05) is 140 Å². The molecule has 1 aliphatic rings. The first kappa shape index (κ1) is 43.8. The molecule has 0 unspecified atom stereocenters. The third kappa shape index (κ3) is 31.8. The number of nitrogens with zero attached hydrogens (tertiary/aromatic N) is 1. The fraction of sp³-hybridized carbons (Fsp3) is 0.814. The van der Waals surface area contributed by atoms with Gasteiger partial charge in [0.15, 0.2) is 0 Å². The van der Waals surface area contributed by atoms with Crippen LogP contribution in [0.1, 0.15) is 168 Å². The van der Waals surface area contributed by atoms with Gasteiger partial charge in [-0.3, -0.25) is 4.90 Å². The third-order valence-corrected chi connectivity index (χ3v) is 9.16. The lowest BCUT2D eigenvalue weighted by Crippen LogP contribution is -2.48. The SMILES string of the molecule is CCCCC/C=C\C/C=C\CCCCCCCCOCC(COCCCCCCCC/C=C\C/C=C\CCCCC)N1CCOCC1. The van der Waals surface area contributed by atoms with Crippen LogP contribution in [0.3, 0.4) is 0 Å². The standard InChI is InChI=1S/C43H79NO3/c1-3-5-7-9-11-13-15-17-19-21-23-25-27-29-31-33-37-46-41-43(44-35-39-45-40-36-44)42-47-38-34-32-30-28-26-24-22-20-18-16-14-12-10-8-6-4-2/h11-14,17-20,43H,3-10,15-16,21-42H2,1-2H3/b13-11-,14-12-,19-17-,20-18-. The van der Waals surface area contributed by atoms with Crippen molar-refractivity contribution in [1.82, 2.24) is 4.90 Å². The van der Waals surface area contributed by atoms with Gasteiger partial charge in [-0.2, -0.15) is 0 Å². The molecular weight excluding hydrogens is 578 g/mol. The van der Waals surface area contributed by atoms with Crippen LogP contribution in [0.5, 0.6) is 0 Å². The number of hydrogen-bond donors (Lipinski definition) is 0. The number of ether oxygens (including phenoxy) is 3. The van der Waals surface area contributed by atoms with Gasteiger partial charge in [-0.05, 0) is 77.0 Å². The molecule has 274 valence electrons. The monoisotopic (exact) mass is 658 g/mol. The fourth-order valence-electron chi connectivity index (χ4n) is 6.02. The summed E-state index contributed by atoms with van der Waals surface area (Å²) in [6.45, 7) is 11.5. The molecule has 0 radical (unpaired) electrons. The second-order valence-electron chi connectivity index (χ2n) is 13.6. The average Bonchev–Trinajstić information content (AvgIpc) is 3.10. The Hall–Kier alpha value is -1.20. The first-order valence-electron chi connectivity index (χ1n) is 20.5. The van der Waals surface area contributed by atoms with Crippen molar-refractivity contribution in [2.24, 2.45) is 0 Å². The van der Waals surface area contributed by atoms with Crippen molar-refractivity contribution in [1.29, 1.82) is 0 Å². The van der Waals surface area contributed by atoms with Crippen molar-refractivity contribution in [3.63, 3.8) is 0 Å². The van der Waals surface area contributed by atoms with Crippen LogP contribution < -0.4 is 0 Å². The molecule has 1 fully saturated rings. The lowest BCUT2D eigenvalue weighted by Gasteiger charge is -2.34. The predicted octanol–water partition coefficient (Wildman–Crippen LogP) is 12.3. The number of rotatable bonds is 35. The minimum atomic E-state index is 0.355. The van der Waals surface area contributed by atoms with E-state index < -0.39 is 0 Å². The molecule has 0 aliphatic carbocycles. The van der Waals surface area contributed by atoms with Crippen molar-refractivity contribution < 1.29 is 14.2 Å². The summed E-state index contributed by atoms with van der Waals surface area (Å²) < 4.78 is 17.9. The summed E-state index contributed by atoms with van der Waals surface area (Å²) in [4.78, 5) is 2.51. The van der Waals surface area contributed by atoms with E-state index in [1.807, 2.05) is 0 Å². The van der Waals surface area contributed by atoms with Gasteiger partial charge in [0.1, 0.15) is 0 Å². The molecule has 0 N–H and O–H groups in total. The van der Waals surface area contributed by atoms with E-state index >= 15 is 0 Å². The molecule has 1 saturated heterocycles. The molecule has 4 nitrogen and oxygen atoms in total. The predicted molar refractivity (Wildman–Crippen MR) is 207 cm³/mol. The maximum absolute atomic E-state index is 6.17. The zero-order valence-corrected chi connectivity index (χ0v) is 31.5. The highest BCUT2D eigenvalue weighted by Crippen LogP contribution is 2.12. The van der Waals surface area contributed by atoms with Crippen molar-refractivity contribution in [2.45, 2.75) is 174 Å². The van der Waals surface area contributed by atoms with Crippen LogP contribution in [0.4, 0.5) is 0 Å². The van der Waals surface area contributed by atoms with E-state index in [4.69, 9.17) is 14.2 Å². The topological polar surface area (TPSA) is 30.9 Å². The molecule has 1 aliphatic heterocycles. The maximum atomic E-state index is 6.17. The summed E-state index contributed by atoms with van der Waals surface area (Å²) in [5.41, 5.74) is 0. The number of allylic oxidation sites excluding steroid dienone is 8. The Bertz CT molecular complexity index is 673. The second kappa shape index (κ2) is 37.6. The Morgan fingerprint density at radius 3 is 1.23 bits per heavy atom. The van der Waals surface area contributed by atoms with Gasteiger partial charge < -0.3 is 14.2 Å². The van der Waals surface area contributed by atoms with Crippen LogP contribution in [0.25, 0.3) is 0 Å². The summed E-state index contributed by atoms with van der Waals surface area (Å²) in [5.74, 6) is 0. The zero-order valence-electron chi connectivity index (χ0n) is 31.5. The molecule has 1 rings (SSSR count). The van der Waals surface area contributed by atoms with E-state index in [0.717, 1.165) is 65.6 Å². The average molecular weight is 658 g/mol. The molecule has 0 amide bonds. The van der Waals surface area contributed by atoms with E-state index in [1.54, 1.807) is 0 Å². The van der Waals surface area contributed by atoms with E-state index in [-0.39, 0.29) is 0 Å². The Morgan fingerprint density at radius 1 is 0.468 bits per heavy atom. The summed E-state index contributed by atoms with van der Waals surface area (Å²) in [6, 6.07) is 0.355. The van der Waals surface area contributed by atoms with Crippen LogP contribution in [-0.4, -0.2) is 63.7 Å². The molecule has 0 bridgehead atoms. The second-order valence-corrected chi connectivity index (χ2v) is 13.6. The Balaban J connectivity index is 1.97. The zero-order chi connectivity index (χ0) is 33.6. The van der Waals surface area contributed by atoms with E-state index in [1.165, 1.54) is 141 Å². The molecule has 0 atom stereocenters. The molecule has 0 aromatic carbocycles. The smallest absolute Gasteiger partial charge is 0.0644 e. The first-order chi connectivity index (χ1) is 23.4. The molecule has 1 heterocycles. The third-order valence-electron chi connectivity index (χ3n) is 9.16. The van der Waals surface area contributed by atoms with Crippen LogP contribution in [0, 0.1) is 0 Å². The number of unbranched alkanes of at least 4 members (excludes halogenated alkanes) is 18. The molecule has 4 heteroatoms. The van der Waals surface area contributed by atoms with Crippen molar-refractivity contribution in [3.05, 3.63) is 48.6 Å². The van der Waals surface area contributed by atoms with Gasteiger partial charge >= 0.3 is 0 Å². The van der Waals surface area contributed by atoms with E-state index in [2.05, 4.69) is 67.4 Å². The van der Waals surface area contributed by atoms with E-state index in [0.29, 0.717) is 6.04 Å². The minimum absolute atomic E-state index is 0.355. The maximum Gasteiger partial charge on any atom is 0.0644 e. The summed E-state index contributed by atoms with van der Waals surface area (Å²) in [6.07, 6.45) is 49.5. The first-order valence-corrected chi connectivity index (χ1v) is 20.5.